The van der Waals surface area contributed by atoms with Crippen molar-refractivity contribution in [2.75, 3.05) is 19.8 Å². The minimum Gasteiger partial charge on any atom is -0.396 e. The van der Waals surface area contributed by atoms with Gasteiger partial charge in [-0.05, 0) is 37.1 Å². The summed E-state index contributed by atoms with van der Waals surface area (Å²) in [5.41, 5.74) is 2.58. The molecule has 0 bridgehead atoms. The van der Waals surface area contributed by atoms with Crippen molar-refractivity contribution in [1.82, 2.24) is 9.88 Å². The molecular formula is C22H22BrF3N2O. The number of hydrogen-bond donors (Lipinski definition) is 2. The van der Waals surface area contributed by atoms with E-state index in [-0.39, 0.29) is 24.8 Å². The van der Waals surface area contributed by atoms with E-state index in [0.29, 0.717) is 10.9 Å². The fourth-order valence-electron chi connectivity index (χ4n) is 4.37. The topological polar surface area (TPSA) is 39.3 Å². The first kappa shape index (κ1) is 20.4. The fraction of sp³-hybridized carbons (Fsp3) is 0.364. The molecule has 29 heavy (non-hydrogen) atoms. The monoisotopic (exact) mass is 466 g/mol. The standard InChI is InChI=1S/C22H22BrF3N2O/c1-12-6-16-15-4-2-3-5-19(15)27-21(16)22(28(12)10-13(9-24)11-29)20-17(25)7-14(23)8-18(20)26/h2-5,7-8,12-13,22,27,29H,6,9-11H2,1H3. The molecule has 4 rings (SSSR count). The molecule has 1 aliphatic heterocycles. The van der Waals surface area contributed by atoms with Gasteiger partial charge in [0, 0.05) is 51.7 Å². The summed E-state index contributed by atoms with van der Waals surface area (Å²) in [5, 5.41) is 10.6. The van der Waals surface area contributed by atoms with E-state index in [1.54, 1.807) is 0 Å². The summed E-state index contributed by atoms with van der Waals surface area (Å²) in [6, 6.07) is 9.45. The molecule has 0 amide bonds. The number of aromatic nitrogens is 1. The molecule has 0 fully saturated rings. The third-order valence-corrected chi connectivity index (χ3v) is 6.24. The SMILES string of the molecule is CC1Cc2c([nH]c3ccccc23)C(c2c(F)cc(Br)cc2F)N1CC(CO)CF. The van der Waals surface area contributed by atoms with E-state index >= 15 is 8.78 Å². The van der Waals surface area contributed by atoms with Gasteiger partial charge < -0.3 is 10.1 Å². The summed E-state index contributed by atoms with van der Waals surface area (Å²) in [4.78, 5) is 5.25. The number of halogens is 4. The van der Waals surface area contributed by atoms with Gasteiger partial charge >= 0.3 is 0 Å². The van der Waals surface area contributed by atoms with Gasteiger partial charge in [-0.2, -0.15) is 0 Å². The summed E-state index contributed by atoms with van der Waals surface area (Å²) in [6.07, 6.45) is 0.667. The van der Waals surface area contributed by atoms with E-state index in [2.05, 4.69) is 20.9 Å². The molecule has 2 aromatic carbocycles. The molecule has 3 atom stereocenters. The Morgan fingerprint density at radius 3 is 2.59 bits per heavy atom. The van der Waals surface area contributed by atoms with Gasteiger partial charge in [-0.1, -0.05) is 34.1 Å². The van der Waals surface area contributed by atoms with Crippen LogP contribution in [0.5, 0.6) is 0 Å². The Morgan fingerprint density at radius 2 is 1.93 bits per heavy atom. The van der Waals surface area contributed by atoms with Crippen LogP contribution in [0.1, 0.15) is 29.8 Å². The molecule has 7 heteroatoms. The van der Waals surface area contributed by atoms with E-state index < -0.39 is 30.3 Å². The van der Waals surface area contributed by atoms with Crippen molar-refractivity contribution < 1.29 is 18.3 Å². The summed E-state index contributed by atoms with van der Waals surface area (Å²) in [7, 11) is 0. The van der Waals surface area contributed by atoms with Crippen LogP contribution < -0.4 is 0 Å². The van der Waals surface area contributed by atoms with Gasteiger partial charge in [0.1, 0.15) is 11.6 Å². The highest BCUT2D eigenvalue weighted by atomic mass is 79.9. The molecule has 0 saturated heterocycles. The van der Waals surface area contributed by atoms with Crippen LogP contribution in [0, 0.1) is 17.6 Å². The maximum atomic E-state index is 15.0. The lowest BCUT2D eigenvalue weighted by Gasteiger charge is -2.42. The largest absolute Gasteiger partial charge is 0.396 e. The van der Waals surface area contributed by atoms with Gasteiger partial charge in [0.15, 0.2) is 0 Å². The molecule has 0 radical (unpaired) electrons. The average Bonchev–Trinajstić information content (AvgIpc) is 3.05. The van der Waals surface area contributed by atoms with Crippen LogP contribution in [0.15, 0.2) is 40.9 Å². The second-order valence-electron chi connectivity index (χ2n) is 7.70. The zero-order valence-electron chi connectivity index (χ0n) is 15.9. The minimum atomic E-state index is -0.741. The number of nitrogens with zero attached hydrogens (tertiary/aromatic N) is 1. The zero-order chi connectivity index (χ0) is 20.7. The first-order valence-electron chi connectivity index (χ1n) is 9.61. The molecular weight excluding hydrogens is 445 g/mol. The van der Waals surface area contributed by atoms with E-state index in [4.69, 9.17) is 0 Å². The number of alkyl halides is 1. The molecule has 3 nitrogen and oxygen atoms in total. The fourth-order valence-corrected chi connectivity index (χ4v) is 4.77. The quantitative estimate of drug-likeness (QED) is 0.547. The van der Waals surface area contributed by atoms with E-state index in [1.807, 2.05) is 36.1 Å². The lowest BCUT2D eigenvalue weighted by molar-refractivity contribution is 0.0844. The molecule has 154 valence electrons. The predicted molar refractivity (Wildman–Crippen MR) is 111 cm³/mol. The van der Waals surface area contributed by atoms with Crippen LogP contribution >= 0.6 is 15.9 Å². The number of benzene rings is 2. The van der Waals surface area contributed by atoms with E-state index in [0.717, 1.165) is 22.2 Å². The number of aliphatic hydroxyl groups is 1. The molecule has 0 aliphatic carbocycles. The van der Waals surface area contributed by atoms with Gasteiger partial charge in [-0.3, -0.25) is 9.29 Å². The Bertz CT molecular complexity index is 1010. The second-order valence-corrected chi connectivity index (χ2v) is 8.62. The van der Waals surface area contributed by atoms with Gasteiger partial charge in [0.25, 0.3) is 0 Å². The highest BCUT2D eigenvalue weighted by Gasteiger charge is 2.39. The minimum absolute atomic E-state index is 0.0666. The van der Waals surface area contributed by atoms with Gasteiger partial charge in [-0.25, -0.2) is 8.78 Å². The van der Waals surface area contributed by atoms with Crippen molar-refractivity contribution in [3.05, 3.63) is 69.3 Å². The van der Waals surface area contributed by atoms with Crippen molar-refractivity contribution in [2.45, 2.75) is 25.4 Å². The molecule has 0 saturated carbocycles. The van der Waals surface area contributed by atoms with Crippen LogP contribution in [0.2, 0.25) is 0 Å². The summed E-state index contributed by atoms with van der Waals surface area (Å²) < 4.78 is 43.7. The Balaban J connectivity index is 1.93. The molecule has 3 aromatic rings. The lowest BCUT2D eigenvalue weighted by Crippen LogP contribution is -2.46. The number of para-hydroxylation sites is 1. The van der Waals surface area contributed by atoms with Crippen molar-refractivity contribution in [3.8, 4) is 0 Å². The van der Waals surface area contributed by atoms with Gasteiger partial charge in [0.2, 0.25) is 0 Å². The molecule has 1 aliphatic rings. The number of aliphatic hydroxyl groups excluding tert-OH is 1. The van der Waals surface area contributed by atoms with Crippen molar-refractivity contribution in [3.63, 3.8) is 0 Å². The number of hydrogen-bond acceptors (Lipinski definition) is 2. The van der Waals surface area contributed by atoms with Crippen molar-refractivity contribution in [1.29, 1.82) is 0 Å². The van der Waals surface area contributed by atoms with Crippen LogP contribution in [-0.2, 0) is 6.42 Å². The predicted octanol–water partition coefficient (Wildman–Crippen LogP) is 5.12. The summed E-state index contributed by atoms with van der Waals surface area (Å²) in [5.74, 6) is -1.94. The van der Waals surface area contributed by atoms with Crippen LogP contribution in [0.4, 0.5) is 13.2 Å². The lowest BCUT2D eigenvalue weighted by atomic mass is 9.87. The molecule has 0 spiro atoms. The van der Waals surface area contributed by atoms with Crippen LogP contribution in [-0.4, -0.2) is 40.9 Å². The molecule has 2 heterocycles. The molecule has 2 N–H and O–H groups in total. The molecule has 1 aromatic heterocycles. The zero-order valence-corrected chi connectivity index (χ0v) is 17.5. The van der Waals surface area contributed by atoms with Crippen molar-refractivity contribution >= 4 is 26.8 Å². The Kier molecular flexibility index (Phi) is 5.73. The Labute approximate surface area is 175 Å². The number of H-pyrrole nitrogens is 1. The highest BCUT2D eigenvalue weighted by molar-refractivity contribution is 9.10. The summed E-state index contributed by atoms with van der Waals surface area (Å²) in [6.45, 7) is 1.15. The highest BCUT2D eigenvalue weighted by Crippen LogP contribution is 2.43. The maximum Gasteiger partial charge on any atom is 0.132 e. The Hall–Kier alpha value is -1.83. The Morgan fingerprint density at radius 1 is 1.24 bits per heavy atom. The smallest absolute Gasteiger partial charge is 0.132 e. The van der Waals surface area contributed by atoms with Crippen LogP contribution in [0.3, 0.4) is 0 Å². The number of rotatable bonds is 5. The number of fused-ring (bicyclic) bond motifs is 3. The third-order valence-electron chi connectivity index (χ3n) is 5.78. The maximum absolute atomic E-state index is 15.0. The van der Waals surface area contributed by atoms with Crippen molar-refractivity contribution in [2.24, 2.45) is 5.92 Å². The average molecular weight is 467 g/mol. The normalized spacial score (nSPS) is 20.8. The van der Waals surface area contributed by atoms with E-state index in [1.165, 1.54) is 12.1 Å². The van der Waals surface area contributed by atoms with Crippen LogP contribution in [0.25, 0.3) is 10.9 Å². The first-order chi connectivity index (χ1) is 13.9. The van der Waals surface area contributed by atoms with Gasteiger partial charge in [0.05, 0.1) is 12.7 Å². The van der Waals surface area contributed by atoms with Gasteiger partial charge in [-0.15, -0.1) is 0 Å². The third kappa shape index (κ3) is 3.60. The number of aromatic amines is 1. The first-order valence-corrected chi connectivity index (χ1v) is 10.4. The van der Waals surface area contributed by atoms with E-state index in [9.17, 15) is 9.50 Å². The second kappa shape index (κ2) is 8.13. The summed E-state index contributed by atoms with van der Waals surface area (Å²) >= 11 is 3.14. The number of nitrogens with one attached hydrogen (secondary N) is 1. The molecule has 3 unspecified atom stereocenters.